The van der Waals surface area contributed by atoms with Gasteiger partial charge in [-0.2, -0.15) is 0 Å². The summed E-state index contributed by atoms with van der Waals surface area (Å²) in [6.45, 7) is 0. The molecule has 0 bridgehead atoms. The van der Waals surface area contributed by atoms with Crippen LogP contribution >= 0.6 is 0 Å². The van der Waals surface area contributed by atoms with Crippen LogP contribution in [0.4, 0.5) is 0 Å². The molecule has 0 aliphatic rings. The van der Waals surface area contributed by atoms with E-state index in [-0.39, 0.29) is 0 Å². The van der Waals surface area contributed by atoms with Crippen molar-refractivity contribution in [3.8, 4) is 50.8 Å². The maximum Gasteiger partial charge on any atom is 0.135 e. The first-order valence-corrected chi connectivity index (χ1v) is 24.1. The lowest BCUT2D eigenvalue weighted by Crippen LogP contribution is -1.94. The molecular formula is C66H41N3O2. The molecule has 332 valence electrons. The lowest BCUT2D eigenvalue weighted by Gasteiger charge is -2.11. The van der Waals surface area contributed by atoms with Crippen LogP contribution in [0.1, 0.15) is 0 Å². The SMILES string of the molecule is c1ccc(-n2c3ccccc3c3cc(-c4ccc5c(c4)c4cc(-c6ccc7c(c6)c6ccccc6n7-c6ccccc6)ccc4n5-c4ccc(Oc5ccc6oc7ccccc7c6c5)cc4)ccc32)cc1. The Hall–Kier alpha value is -9.58. The zero-order valence-corrected chi connectivity index (χ0v) is 38.3. The molecule has 0 amide bonds. The summed E-state index contributed by atoms with van der Waals surface area (Å²) in [5.41, 5.74) is 16.8. The molecule has 15 rings (SSSR count). The van der Waals surface area contributed by atoms with Crippen LogP contribution < -0.4 is 4.74 Å². The Morgan fingerprint density at radius 3 is 1.10 bits per heavy atom. The summed E-state index contributed by atoms with van der Waals surface area (Å²) < 4.78 is 19.7. The van der Waals surface area contributed by atoms with E-state index in [0.717, 1.165) is 61.5 Å². The van der Waals surface area contributed by atoms with Crippen molar-refractivity contribution in [3.63, 3.8) is 0 Å². The fourth-order valence-electron chi connectivity index (χ4n) is 11.2. The van der Waals surface area contributed by atoms with Crippen LogP contribution in [-0.4, -0.2) is 13.7 Å². The van der Waals surface area contributed by atoms with Gasteiger partial charge in [-0.1, -0.05) is 115 Å². The predicted octanol–water partition coefficient (Wildman–Crippen LogP) is 18.0. The molecule has 15 aromatic rings. The van der Waals surface area contributed by atoms with Crippen LogP contribution in [0.15, 0.2) is 253 Å². The van der Waals surface area contributed by atoms with Crippen molar-refractivity contribution in [2.75, 3.05) is 0 Å². The molecule has 0 saturated heterocycles. The van der Waals surface area contributed by atoms with Gasteiger partial charge in [0, 0.05) is 60.2 Å². The fraction of sp³-hybridized carbons (Fsp3) is 0. The molecule has 0 N–H and O–H groups in total. The quantitative estimate of drug-likeness (QED) is 0.160. The maximum atomic E-state index is 6.50. The van der Waals surface area contributed by atoms with Gasteiger partial charge in [0.15, 0.2) is 0 Å². The topological polar surface area (TPSA) is 37.2 Å². The number of rotatable bonds is 7. The molecule has 4 heterocycles. The average Bonchev–Trinajstić information content (AvgIpc) is 4.17. The standard InChI is InChI=1S/C66H41N3O2/c1-3-13-46(14-4-1)67-59-20-10-7-17-51(59)54-37-42(23-32-61(54)67)44-25-34-63-56(39-44)57-40-45(43-24-33-62-55(38-43)52-18-8-11-21-60(52)68(62)47-15-5-2-6-16-47)26-35-64(57)69(63)48-27-29-49(30-28-48)70-50-31-36-66-58(41-50)53-19-9-12-22-65(53)71-66/h1-41H. The number of aromatic nitrogens is 3. The first-order chi connectivity index (χ1) is 35.2. The summed E-state index contributed by atoms with van der Waals surface area (Å²) in [6.07, 6.45) is 0. The second-order valence-electron chi connectivity index (χ2n) is 18.5. The zero-order chi connectivity index (χ0) is 46.6. The van der Waals surface area contributed by atoms with E-state index in [0.29, 0.717) is 0 Å². The second kappa shape index (κ2) is 15.5. The highest BCUT2D eigenvalue weighted by Gasteiger charge is 2.19. The van der Waals surface area contributed by atoms with Crippen LogP contribution in [0.25, 0.3) is 127 Å². The molecule has 0 fully saturated rings. The van der Waals surface area contributed by atoms with E-state index < -0.39 is 0 Å². The highest BCUT2D eigenvalue weighted by molar-refractivity contribution is 6.15. The Labute approximate surface area is 407 Å². The van der Waals surface area contributed by atoms with Gasteiger partial charge in [-0.05, 0) is 156 Å². The van der Waals surface area contributed by atoms with Crippen LogP contribution in [0.3, 0.4) is 0 Å². The first kappa shape index (κ1) is 39.4. The monoisotopic (exact) mass is 907 g/mol. The number of ether oxygens (including phenoxy) is 1. The van der Waals surface area contributed by atoms with Crippen LogP contribution in [0.2, 0.25) is 0 Å². The Bertz CT molecular complexity index is 4380. The smallest absolute Gasteiger partial charge is 0.135 e. The molecule has 0 radical (unpaired) electrons. The van der Waals surface area contributed by atoms with E-state index in [1.54, 1.807) is 0 Å². The Morgan fingerprint density at radius 1 is 0.239 bits per heavy atom. The van der Waals surface area contributed by atoms with Gasteiger partial charge in [-0.3, -0.25) is 0 Å². The number of fused-ring (bicyclic) bond motifs is 12. The molecule has 0 unspecified atom stereocenters. The number of para-hydroxylation sites is 5. The molecule has 0 aliphatic heterocycles. The summed E-state index contributed by atoms with van der Waals surface area (Å²) in [6, 6.07) is 89.2. The van der Waals surface area contributed by atoms with Gasteiger partial charge in [0.1, 0.15) is 22.7 Å². The number of benzene rings is 11. The minimum Gasteiger partial charge on any atom is -0.457 e. The van der Waals surface area contributed by atoms with Gasteiger partial charge in [0.25, 0.3) is 0 Å². The Kier molecular flexibility index (Phi) is 8.59. The third-order valence-electron chi connectivity index (χ3n) is 14.5. The summed E-state index contributed by atoms with van der Waals surface area (Å²) >= 11 is 0. The maximum absolute atomic E-state index is 6.50. The molecule has 0 spiro atoms. The van der Waals surface area contributed by atoms with Crippen molar-refractivity contribution < 1.29 is 9.15 Å². The average molecular weight is 908 g/mol. The van der Waals surface area contributed by atoms with Crippen molar-refractivity contribution in [1.82, 2.24) is 13.7 Å². The summed E-state index contributed by atoms with van der Waals surface area (Å²) in [5, 5.41) is 9.43. The fourth-order valence-corrected chi connectivity index (χ4v) is 11.2. The molecule has 0 aliphatic carbocycles. The van der Waals surface area contributed by atoms with Crippen molar-refractivity contribution in [2.24, 2.45) is 0 Å². The van der Waals surface area contributed by atoms with E-state index >= 15 is 0 Å². The van der Waals surface area contributed by atoms with E-state index in [1.165, 1.54) is 76.6 Å². The minimum atomic E-state index is 0.763. The van der Waals surface area contributed by atoms with Gasteiger partial charge >= 0.3 is 0 Å². The second-order valence-corrected chi connectivity index (χ2v) is 18.5. The molecule has 11 aromatic carbocycles. The normalized spacial score (nSPS) is 11.9. The minimum absolute atomic E-state index is 0.763. The zero-order valence-electron chi connectivity index (χ0n) is 38.3. The highest BCUT2D eigenvalue weighted by Crippen LogP contribution is 2.42. The molecule has 0 atom stereocenters. The number of hydrogen-bond acceptors (Lipinski definition) is 2. The summed E-state index contributed by atoms with van der Waals surface area (Å²) in [4.78, 5) is 0. The molecular weight excluding hydrogens is 867 g/mol. The molecule has 5 nitrogen and oxygen atoms in total. The highest BCUT2D eigenvalue weighted by atomic mass is 16.5. The van der Waals surface area contributed by atoms with E-state index in [4.69, 9.17) is 9.15 Å². The van der Waals surface area contributed by atoms with Gasteiger partial charge in [-0.15, -0.1) is 0 Å². The predicted molar refractivity (Wildman–Crippen MR) is 294 cm³/mol. The molecule has 5 heteroatoms. The van der Waals surface area contributed by atoms with E-state index in [1.807, 2.05) is 30.3 Å². The molecule has 0 saturated carbocycles. The van der Waals surface area contributed by atoms with Crippen molar-refractivity contribution in [1.29, 1.82) is 0 Å². The van der Waals surface area contributed by atoms with Gasteiger partial charge in [0.2, 0.25) is 0 Å². The van der Waals surface area contributed by atoms with Crippen LogP contribution in [0, 0.1) is 0 Å². The molecule has 71 heavy (non-hydrogen) atoms. The Balaban J connectivity index is 0.877. The van der Waals surface area contributed by atoms with E-state index in [2.05, 4.69) is 232 Å². The van der Waals surface area contributed by atoms with Crippen molar-refractivity contribution in [2.45, 2.75) is 0 Å². The summed E-state index contributed by atoms with van der Waals surface area (Å²) in [7, 11) is 0. The van der Waals surface area contributed by atoms with Gasteiger partial charge in [-0.25, -0.2) is 0 Å². The third kappa shape index (κ3) is 6.20. The lowest BCUT2D eigenvalue weighted by atomic mass is 9.98. The third-order valence-corrected chi connectivity index (χ3v) is 14.5. The van der Waals surface area contributed by atoms with Gasteiger partial charge in [0.05, 0.1) is 33.1 Å². The summed E-state index contributed by atoms with van der Waals surface area (Å²) in [5.74, 6) is 1.53. The van der Waals surface area contributed by atoms with Crippen molar-refractivity contribution >= 4 is 87.4 Å². The van der Waals surface area contributed by atoms with Gasteiger partial charge < -0.3 is 22.9 Å². The van der Waals surface area contributed by atoms with E-state index in [9.17, 15) is 0 Å². The molecule has 4 aromatic heterocycles. The largest absolute Gasteiger partial charge is 0.457 e. The number of hydrogen-bond donors (Lipinski definition) is 0. The number of nitrogens with zero attached hydrogens (tertiary/aromatic N) is 3. The van der Waals surface area contributed by atoms with Crippen molar-refractivity contribution in [3.05, 3.63) is 249 Å². The van der Waals surface area contributed by atoms with Crippen LogP contribution in [0.5, 0.6) is 11.5 Å². The number of furan rings is 1. The first-order valence-electron chi connectivity index (χ1n) is 24.1. The van der Waals surface area contributed by atoms with Crippen LogP contribution in [-0.2, 0) is 0 Å². The lowest BCUT2D eigenvalue weighted by molar-refractivity contribution is 0.483. The Morgan fingerprint density at radius 2 is 0.606 bits per heavy atom.